The number of aliphatic hydroxyl groups excluding tert-OH is 1. The molecule has 1 fully saturated rings. The smallest absolute Gasteiger partial charge is 0.0998 e. The Labute approximate surface area is 117 Å². The Bertz CT molecular complexity index is 309. The van der Waals surface area contributed by atoms with Gasteiger partial charge < -0.3 is 5.11 Å². The molecule has 1 saturated carbocycles. The second kappa shape index (κ2) is 8.51. The summed E-state index contributed by atoms with van der Waals surface area (Å²) in [7, 11) is 0. The van der Waals surface area contributed by atoms with Gasteiger partial charge in [-0.3, -0.25) is 0 Å². The molecule has 19 heavy (non-hydrogen) atoms. The molecule has 0 aliphatic heterocycles. The van der Waals surface area contributed by atoms with Crippen LogP contribution in [0.3, 0.4) is 0 Å². The predicted molar refractivity (Wildman–Crippen MR) is 77.6 cm³/mol. The minimum absolute atomic E-state index is 0.0622. The van der Waals surface area contributed by atoms with Crippen molar-refractivity contribution in [1.29, 1.82) is 0 Å². The second-order valence-corrected chi connectivity index (χ2v) is 5.71. The maximum Gasteiger partial charge on any atom is 0.0998 e. The lowest BCUT2D eigenvalue weighted by Gasteiger charge is -2.34. The molecule has 2 unspecified atom stereocenters. The predicted octanol–water partition coefficient (Wildman–Crippen LogP) is 3.64. The van der Waals surface area contributed by atoms with Gasteiger partial charge in [-0.15, -0.1) is 6.58 Å². The molecule has 3 atom stereocenters. The van der Waals surface area contributed by atoms with Crippen molar-refractivity contribution in [3.63, 3.8) is 0 Å². The maximum absolute atomic E-state index is 9.43. The van der Waals surface area contributed by atoms with Crippen LogP contribution in [-0.2, 0) is 9.78 Å². The van der Waals surface area contributed by atoms with E-state index in [1.165, 1.54) is 6.42 Å². The van der Waals surface area contributed by atoms with Crippen LogP contribution < -0.4 is 0 Å². The Morgan fingerprint density at radius 2 is 2.16 bits per heavy atom. The molecule has 0 spiro atoms. The maximum atomic E-state index is 9.43. The summed E-state index contributed by atoms with van der Waals surface area (Å²) in [6.07, 6.45) is 6.14. The highest BCUT2D eigenvalue weighted by molar-refractivity contribution is 5.09. The molecule has 3 heteroatoms. The first kappa shape index (κ1) is 16.4. The molecule has 0 heterocycles. The van der Waals surface area contributed by atoms with E-state index in [1.807, 2.05) is 19.9 Å². The quantitative estimate of drug-likeness (QED) is 0.331. The van der Waals surface area contributed by atoms with Crippen molar-refractivity contribution in [2.24, 2.45) is 11.8 Å². The molecule has 3 nitrogen and oxygen atoms in total. The summed E-state index contributed by atoms with van der Waals surface area (Å²) in [4.78, 5) is 10.9. The molecule has 0 amide bonds. The van der Waals surface area contributed by atoms with Gasteiger partial charge >= 0.3 is 0 Å². The fraction of sp³-hybridized carbons (Fsp3) is 0.750. The van der Waals surface area contributed by atoms with Crippen molar-refractivity contribution in [3.05, 3.63) is 23.8 Å². The van der Waals surface area contributed by atoms with Gasteiger partial charge in [-0.05, 0) is 51.0 Å². The average Bonchev–Trinajstić information content (AvgIpc) is 2.38. The van der Waals surface area contributed by atoms with E-state index in [9.17, 15) is 5.11 Å². The standard InChI is InChI=1S/C16H28O3/c1-5-14(11-17)15-7-6-13(4)10-16(15)19-18-9-8-12(2)3/h5,13,15-17H,2,6-11H2,1,3-4H3/b14-5-/t13?,15-,16?/m1/s1. The third-order valence-corrected chi connectivity index (χ3v) is 3.89. The van der Waals surface area contributed by atoms with Crippen LogP contribution in [-0.4, -0.2) is 24.4 Å². The van der Waals surface area contributed by atoms with E-state index in [2.05, 4.69) is 13.5 Å². The third kappa shape index (κ3) is 5.47. The molecule has 110 valence electrons. The Kier molecular flexibility index (Phi) is 7.36. The molecule has 1 N–H and O–H groups in total. The number of rotatable bonds is 7. The van der Waals surface area contributed by atoms with Crippen LogP contribution in [0.4, 0.5) is 0 Å². The van der Waals surface area contributed by atoms with Crippen LogP contribution in [0.25, 0.3) is 0 Å². The Morgan fingerprint density at radius 3 is 2.74 bits per heavy atom. The zero-order valence-electron chi connectivity index (χ0n) is 12.5. The molecule has 0 radical (unpaired) electrons. The van der Waals surface area contributed by atoms with Crippen LogP contribution in [0, 0.1) is 11.8 Å². The molecule has 0 aromatic heterocycles. The molecule has 0 aromatic carbocycles. The summed E-state index contributed by atoms with van der Waals surface area (Å²) in [5.41, 5.74) is 2.17. The van der Waals surface area contributed by atoms with Gasteiger partial charge in [0.25, 0.3) is 0 Å². The second-order valence-electron chi connectivity index (χ2n) is 5.71. The van der Waals surface area contributed by atoms with E-state index in [1.54, 1.807) is 0 Å². The van der Waals surface area contributed by atoms with Crippen LogP contribution in [0.1, 0.15) is 46.5 Å². The number of allylic oxidation sites excluding steroid dienone is 1. The van der Waals surface area contributed by atoms with Gasteiger partial charge in [0.15, 0.2) is 0 Å². The lowest BCUT2D eigenvalue weighted by atomic mass is 9.77. The van der Waals surface area contributed by atoms with Crippen molar-refractivity contribution >= 4 is 0 Å². The average molecular weight is 268 g/mol. The zero-order valence-corrected chi connectivity index (χ0v) is 12.5. The first-order valence-electron chi connectivity index (χ1n) is 7.27. The Balaban J connectivity index is 2.50. The molecule has 1 aliphatic carbocycles. The van der Waals surface area contributed by atoms with Crippen molar-refractivity contribution < 1.29 is 14.9 Å². The highest BCUT2D eigenvalue weighted by Crippen LogP contribution is 2.35. The summed E-state index contributed by atoms with van der Waals surface area (Å²) in [5, 5.41) is 9.43. The lowest BCUT2D eigenvalue weighted by Crippen LogP contribution is -2.33. The fourth-order valence-electron chi connectivity index (χ4n) is 2.63. The van der Waals surface area contributed by atoms with E-state index in [4.69, 9.17) is 9.78 Å². The van der Waals surface area contributed by atoms with Crippen LogP contribution in [0.2, 0.25) is 0 Å². The summed E-state index contributed by atoms with van der Waals surface area (Å²) in [6, 6.07) is 0. The number of hydrogen-bond acceptors (Lipinski definition) is 3. The van der Waals surface area contributed by atoms with Crippen molar-refractivity contribution in [1.82, 2.24) is 0 Å². The van der Waals surface area contributed by atoms with Crippen LogP contribution >= 0.6 is 0 Å². The van der Waals surface area contributed by atoms with Gasteiger partial charge in [-0.1, -0.05) is 18.6 Å². The van der Waals surface area contributed by atoms with Crippen molar-refractivity contribution in [2.45, 2.75) is 52.6 Å². The van der Waals surface area contributed by atoms with E-state index in [-0.39, 0.29) is 18.6 Å². The zero-order chi connectivity index (χ0) is 14.3. The highest BCUT2D eigenvalue weighted by atomic mass is 17.2. The van der Waals surface area contributed by atoms with Gasteiger partial charge in [0, 0.05) is 5.92 Å². The fourth-order valence-corrected chi connectivity index (χ4v) is 2.63. The monoisotopic (exact) mass is 268 g/mol. The van der Waals surface area contributed by atoms with Crippen LogP contribution in [0.15, 0.2) is 23.8 Å². The minimum atomic E-state index is 0.0622. The Morgan fingerprint density at radius 1 is 1.42 bits per heavy atom. The first-order chi connectivity index (χ1) is 9.08. The van der Waals surface area contributed by atoms with Gasteiger partial charge in [0.1, 0.15) is 0 Å². The highest BCUT2D eigenvalue weighted by Gasteiger charge is 2.32. The number of aliphatic hydroxyl groups is 1. The van der Waals surface area contributed by atoms with Crippen LogP contribution in [0.5, 0.6) is 0 Å². The van der Waals surface area contributed by atoms with Gasteiger partial charge in [-0.25, -0.2) is 9.78 Å². The Hall–Kier alpha value is -0.640. The van der Waals surface area contributed by atoms with Gasteiger partial charge in [0.05, 0.1) is 19.3 Å². The SMILES string of the molecule is C=C(C)CCOOC1CC(C)CC[C@@H]1/C(=C\C)CO. The molecule has 0 bridgehead atoms. The van der Waals surface area contributed by atoms with E-state index >= 15 is 0 Å². The molecule has 1 rings (SSSR count). The number of hydrogen-bond donors (Lipinski definition) is 1. The largest absolute Gasteiger partial charge is 0.392 e. The topological polar surface area (TPSA) is 38.7 Å². The van der Waals surface area contributed by atoms with Gasteiger partial charge in [0.2, 0.25) is 0 Å². The molecular weight excluding hydrogens is 240 g/mol. The summed E-state index contributed by atoms with van der Waals surface area (Å²) >= 11 is 0. The van der Waals surface area contributed by atoms with E-state index < -0.39 is 0 Å². The minimum Gasteiger partial charge on any atom is -0.392 e. The summed E-state index contributed by atoms with van der Waals surface area (Å²) in [5.74, 6) is 0.943. The normalized spacial score (nSPS) is 28.4. The summed E-state index contributed by atoms with van der Waals surface area (Å²) < 4.78 is 0. The molecule has 0 saturated heterocycles. The molecule has 1 aliphatic rings. The van der Waals surface area contributed by atoms with Crippen molar-refractivity contribution in [2.75, 3.05) is 13.2 Å². The lowest BCUT2D eigenvalue weighted by molar-refractivity contribution is -0.336. The first-order valence-corrected chi connectivity index (χ1v) is 7.27. The van der Waals surface area contributed by atoms with Gasteiger partial charge in [-0.2, -0.15) is 0 Å². The molecule has 0 aromatic rings. The third-order valence-electron chi connectivity index (χ3n) is 3.89. The van der Waals surface area contributed by atoms with E-state index in [0.717, 1.165) is 30.4 Å². The van der Waals surface area contributed by atoms with E-state index in [0.29, 0.717) is 12.5 Å². The van der Waals surface area contributed by atoms with Crippen molar-refractivity contribution in [3.8, 4) is 0 Å². The molecular formula is C16H28O3. The summed E-state index contributed by atoms with van der Waals surface area (Å²) in [6.45, 7) is 10.7.